The molecule has 174 valence electrons. The number of amidine groups is 1. The van der Waals surface area contributed by atoms with E-state index in [9.17, 15) is 9.18 Å². The van der Waals surface area contributed by atoms with Gasteiger partial charge in [-0.1, -0.05) is 41.9 Å². The number of aliphatic imine (C=N–C) groups is 1. The van der Waals surface area contributed by atoms with Gasteiger partial charge in [0.25, 0.3) is 5.91 Å². The quantitative estimate of drug-likeness (QED) is 0.342. The first-order valence-corrected chi connectivity index (χ1v) is 11.8. The monoisotopic (exact) mass is 496 g/mol. The van der Waals surface area contributed by atoms with Gasteiger partial charge in [0.1, 0.15) is 12.4 Å². The van der Waals surface area contributed by atoms with Crippen LogP contribution < -0.4 is 9.47 Å². The van der Waals surface area contributed by atoms with Gasteiger partial charge in [-0.2, -0.15) is 0 Å². The predicted molar refractivity (Wildman–Crippen MR) is 135 cm³/mol. The predicted octanol–water partition coefficient (Wildman–Crippen LogP) is 6.69. The van der Waals surface area contributed by atoms with Crippen LogP contribution in [0.3, 0.4) is 0 Å². The molecule has 1 amide bonds. The van der Waals surface area contributed by atoms with Gasteiger partial charge in [0.05, 0.1) is 22.7 Å². The van der Waals surface area contributed by atoms with Crippen LogP contribution in [0.15, 0.2) is 76.6 Å². The van der Waals surface area contributed by atoms with Gasteiger partial charge in [-0.15, -0.1) is 0 Å². The van der Waals surface area contributed by atoms with Crippen LogP contribution in [0.5, 0.6) is 11.5 Å². The number of benzene rings is 3. The van der Waals surface area contributed by atoms with E-state index in [1.165, 1.54) is 23.9 Å². The van der Waals surface area contributed by atoms with Crippen molar-refractivity contribution in [2.75, 3.05) is 13.7 Å². The minimum Gasteiger partial charge on any atom is -0.493 e. The number of likely N-dealkylation sites (N-methyl/N-ethyl adjacent to an activating group) is 1. The molecule has 5 nitrogen and oxygen atoms in total. The Morgan fingerprint density at radius 1 is 1.12 bits per heavy atom. The zero-order valence-corrected chi connectivity index (χ0v) is 20.2. The minimum atomic E-state index is -0.339. The largest absolute Gasteiger partial charge is 0.493 e. The fraction of sp³-hybridized carbons (Fsp3) is 0.154. The highest BCUT2D eigenvalue weighted by Crippen LogP contribution is 2.39. The number of carbonyl (C=O) groups excluding carboxylic acids is 1. The maximum atomic E-state index is 13.2. The van der Waals surface area contributed by atoms with Crippen molar-refractivity contribution in [1.82, 2.24) is 4.90 Å². The van der Waals surface area contributed by atoms with Gasteiger partial charge in [0, 0.05) is 6.54 Å². The van der Waals surface area contributed by atoms with E-state index in [1.807, 2.05) is 37.3 Å². The Morgan fingerprint density at radius 2 is 1.85 bits per heavy atom. The van der Waals surface area contributed by atoms with Crippen molar-refractivity contribution in [2.24, 2.45) is 4.99 Å². The molecule has 1 aliphatic rings. The summed E-state index contributed by atoms with van der Waals surface area (Å²) in [6, 6.07) is 19.1. The van der Waals surface area contributed by atoms with E-state index in [-0.39, 0.29) is 11.7 Å². The van der Waals surface area contributed by atoms with Gasteiger partial charge in [0.2, 0.25) is 0 Å². The van der Waals surface area contributed by atoms with E-state index >= 15 is 0 Å². The van der Waals surface area contributed by atoms with Gasteiger partial charge in [-0.3, -0.25) is 9.69 Å². The van der Waals surface area contributed by atoms with Crippen molar-refractivity contribution < 1.29 is 18.7 Å². The molecule has 0 aromatic heterocycles. The van der Waals surface area contributed by atoms with E-state index in [2.05, 4.69) is 4.99 Å². The highest BCUT2D eigenvalue weighted by atomic mass is 35.5. The third-order valence-electron chi connectivity index (χ3n) is 5.03. The lowest BCUT2D eigenvalue weighted by molar-refractivity contribution is -0.122. The van der Waals surface area contributed by atoms with Crippen LogP contribution in [-0.2, 0) is 11.4 Å². The van der Waals surface area contributed by atoms with Crippen LogP contribution in [0.1, 0.15) is 18.1 Å². The molecule has 3 aromatic carbocycles. The summed E-state index contributed by atoms with van der Waals surface area (Å²) in [7, 11) is 1.54. The number of rotatable bonds is 7. The Bertz CT molecular complexity index is 1250. The lowest BCUT2D eigenvalue weighted by Crippen LogP contribution is -2.28. The molecule has 4 rings (SSSR count). The van der Waals surface area contributed by atoms with Crippen LogP contribution in [-0.4, -0.2) is 29.6 Å². The maximum Gasteiger partial charge on any atom is 0.266 e. The van der Waals surface area contributed by atoms with Gasteiger partial charge >= 0.3 is 0 Å². The lowest BCUT2D eigenvalue weighted by Gasteiger charge is -2.13. The number of halogens is 2. The summed E-state index contributed by atoms with van der Waals surface area (Å²) in [5.74, 6) is 0.412. The molecule has 1 aliphatic heterocycles. The summed E-state index contributed by atoms with van der Waals surface area (Å²) >= 11 is 7.77. The fourth-order valence-electron chi connectivity index (χ4n) is 3.34. The average Bonchev–Trinajstić information content (AvgIpc) is 3.13. The zero-order valence-electron chi connectivity index (χ0n) is 18.6. The normalized spacial score (nSPS) is 15.9. The number of thioether (sulfide) groups is 1. The summed E-state index contributed by atoms with van der Waals surface area (Å²) in [5, 5.41) is 0.913. The van der Waals surface area contributed by atoms with Crippen molar-refractivity contribution in [2.45, 2.75) is 13.5 Å². The number of amides is 1. The molecule has 3 aromatic rings. The number of hydrogen-bond donors (Lipinski definition) is 0. The topological polar surface area (TPSA) is 51.1 Å². The number of ether oxygens (including phenoxy) is 2. The second-order valence-electron chi connectivity index (χ2n) is 7.34. The number of methoxy groups -OCH3 is 1. The van der Waals surface area contributed by atoms with Gasteiger partial charge in [0.15, 0.2) is 16.7 Å². The first-order valence-electron chi connectivity index (χ1n) is 10.6. The fourth-order valence-corrected chi connectivity index (χ4v) is 4.68. The second-order valence-corrected chi connectivity index (χ2v) is 8.76. The Hall–Kier alpha value is -3.29. The maximum absolute atomic E-state index is 13.2. The Balaban J connectivity index is 1.59. The average molecular weight is 497 g/mol. The minimum absolute atomic E-state index is 0.159. The van der Waals surface area contributed by atoms with Crippen molar-refractivity contribution in [3.05, 3.63) is 93.6 Å². The van der Waals surface area contributed by atoms with Gasteiger partial charge in [-0.05, 0) is 72.3 Å². The summed E-state index contributed by atoms with van der Waals surface area (Å²) in [4.78, 5) is 19.6. The number of carbonyl (C=O) groups is 1. The van der Waals surface area contributed by atoms with Crippen LogP contribution >= 0.6 is 23.4 Å². The molecular weight excluding hydrogens is 475 g/mol. The Morgan fingerprint density at radius 3 is 2.53 bits per heavy atom. The van der Waals surface area contributed by atoms with Gasteiger partial charge < -0.3 is 9.47 Å². The molecule has 1 saturated heterocycles. The smallest absolute Gasteiger partial charge is 0.266 e. The van der Waals surface area contributed by atoms with Gasteiger partial charge in [-0.25, -0.2) is 9.38 Å². The Labute approximate surface area is 206 Å². The third kappa shape index (κ3) is 5.43. The number of hydrogen-bond acceptors (Lipinski definition) is 5. The standard InChI is InChI=1S/C26H22ClFN2O3S/c1-3-30-25(31)23(34-26(30)29-20-11-9-19(28)10-12-20)15-18-13-21(27)24(22(14-18)32-2)33-16-17-7-5-4-6-8-17/h4-15H,3,16H2,1-2H3/b23-15+,29-26?. The first kappa shape index (κ1) is 23.9. The third-order valence-corrected chi connectivity index (χ3v) is 6.32. The molecule has 1 fully saturated rings. The van der Waals surface area contributed by atoms with Crippen molar-refractivity contribution in [1.29, 1.82) is 0 Å². The molecule has 8 heteroatoms. The summed E-state index contributed by atoms with van der Waals surface area (Å²) < 4.78 is 24.6. The van der Waals surface area contributed by atoms with Crippen molar-refractivity contribution in [3.8, 4) is 11.5 Å². The van der Waals surface area contributed by atoms with Crippen LogP contribution in [0, 0.1) is 5.82 Å². The molecule has 0 N–H and O–H groups in total. The molecule has 34 heavy (non-hydrogen) atoms. The molecular formula is C26H22ClFN2O3S. The van der Waals surface area contributed by atoms with Crippen LogP contribution in [0.25, 0.3) is 6.08 Å². The molecule has 0 unspecified atom stereocenters. The molecule has 0 saturated carbocycles. The summed E-state index contributed by atoms with van der Waals surface area (Å²) in [6.45, 7) is 2.68. The molecule has 0 spiro atoms. The van der Waals surface area contributed by atoms with Crippen LogP contribution in [0.4, 0.5) is 10.1 Å². The van der Waals surface area contributed by atoms with E-state index in [0.717, 1.165) is 5.56 Å². The molecule has 1 heterocycles. The molecule has 0 atom stereocenters. The first-order chi connectivity index (χ1) is 16.5. The van der Waals surface area contributed by atoms with Crippen molar-refractivity contribution in [3.63, 3.8) is 0 Å². The Kier molecular flexibility index (Phi) is 7.55. The molecule has 0 aliphatic carbocycles. The highest BCUT2D eigenvalue weighted by Gasteiger charge is 2.32. The summed E-state index contributed by atoms with van der Waals surface area (Å²) in [5.41, 5.74) is 2.28. The summed E-state index contributed by atoms with van der Waals surface area (Å²) in [6.07, 6.45) is 1.75. The second kappa shape index (κ2) is 10.8. The molecule has 0 bridgehead atoms. The van der Waals surface area contributed by atoms with E-state index in [4.69, 9.17) is 21.1 Å². The zero-order chi connectivity index (χ0) is 24.1. The van der Waals surface area contributed by atoms with E-state index in [1.54, 1.807) is 42.4 Å². The SMILES string of the molecule is CCN1C(=O)/C(=C\c2cc(Cl)c(OCc3ccccc3)c(OC)c2)SC1=Nc1ccc(F)cc1. The van der Waals surface area contributed by atoms with E-state index < -0.39 is 0 Å². The van der Waals surface area contributed by atoms with E-state index in [0.29, 0.717) is 51.0 Å². The lowest BCUT2D eigenvalue weighted by atomic mass is 10.1. The van der Waals surface area contributed by atoms with Crippen molar-refractivity contribution >= 4 is 46.2 Å². The highest BCUT2D eigenvalue weighted by molar-refractivity contribution is 8.18. The van der Waals surface area contributed by atoms with Crippen LogP contribution in [0.2, 0.25) is 5.02 Å². The molecule has 0 radical (unpaired) electrons. The number of nitrogens with zero attached hydrogens (tertiary/aromatic N) is 2.